The highest BCUT2D eigenvalue weighted by molar-refractivity contribution is 14.1. The molecule has 0 aliphatic carbocycles. The lowest BCUT2D eigenvalue weighted by molar-refractivity contribution is -0.452. The van der Waals surface area contributed by atoms with Crippen molar-refractivity contribution in [2.45, 2.75) is 80.2 Å². The number of rotatable bonds is 12. The minimum Gasteiger partial charge on any atom is -0.200 e. The Balaban J connectivity index is 5.83. The Morgan fingerprint density at radius 2 is 0.733 bits per heavy atom. The first kappa shape index (κ1) is 29.7. The lowest BCUT2D eigenvalue weighted by Crippen LogP contribution is -2.72. The van der Waals surface area contributed by atoms with Crippen molar-refractivity contribution in [1.82, 2.24) is 0 Å². The predicted octanol–water partition coefficient (Wildman–Crippen LogP) is 8.14. The van der Waals surface area contributed by atoms with E-state index in [1.54, 1.807) is 0 Å². The van der Waals surface area contributed by atoms with Crippen molar-refractivity contribution in [3.8, 4) is 0 Å². The van der Waals surface area contributed by atoms with Gasteiger partial charge in [-0.1, -0.05) is 41.9 Å². The Morgan fingerprint density at radius 3 is 1.13 bits per heavy atom. The lowest BCUT2D eigenvalue weighted by Gasteiger charge is -2.41. The summed E-state index contributed by atoms with van der Waals surface area (Å²) in [4.78, 5) is 0. The molecule has 0 bridgehead atoms. The molecule has 0 saturated carbocycles. The van der Waals surface area contributed by atoms with E-state index in [1.165, 1.54) is 0 Å². The molecule has 0 rings (SSSR count). The van der Waals surface area contributed by atoms with Crippen LogP contribution in [0.15, 0.2) is 0 Å². The monoisotopic (exact) mass is 594 g/mol. The Bertz CT molecular complexity index is 552. The lowest BCUT2D eigenvalue weighted by atomic mass is 9.89. The summed E-state index contributed by atoms with van der Waals surface area (Å²) in [6, 6.07) is 0. The van der Waals surface area contributed by atoms with Crippen LogP contribution in [0.1, 0.15) is 38.5 Å². The summed E-state index contributed by atoms with van der Waals surface area (Å²) in [6.45, 7) is 0. The first-order chi connectivity index (χ1) is 13.1. The highest BCUT2D eigenvalue weighted by Crippen LogP contribution is 2.62. The maximum absolute atomic E-state index is 13.5. The molecule has 0 aromatic heterocycles. The quantitative estimate of drug-likeness (QED) is 0.0927. The molecule has 0 nitrogen and oxygen atoms in total. The van der Waals surface area contributed by atoms with Gasteiger partial charge in [0, 0.05) is 6.42 Å². The number of hydrogen-bond donors (Lipinski definition) is 0. The molecule has 182 valence electrons. The molecule has 30 heavy (non-hydrogen) atoms. The van der Waals surface area contributed by atoms with Gasteiger partial charge in [-0.3, -0.25) is 0 Å². The number of hydrogen-bond acceptors (Lipinski definition) is 0. The van der Waals surface area contributed by atoms with Crippen molar-refractivity contribution in [3.63, 3.8) is 0 Å². The van der Waals surface area contributed by atoms with Crippen LogP contribution in [0, 0.1) is 0 Å². The Labute approximate surface area is 173 Å². The Hall–Kier alpha value is -0.320. The van der Waals surface area contributed by atoms with Gasteiger partial charge >= 0.3 is 41.7 Å². The number of alkyl halides is 16. The smallest absolute Gasteiger partial charge is 0.200 e. The van der Waals surface area contributed by atoms with Crippen LogP contribution >= 0.6 is 22.6 Å². The minimum absolute atomic E-state index is 0.146. The van der Waals surface area contributed by atoms with Crippen molar-refractivity contribution >= 4 is 22.6 Å². The summed E-state index contributed by atoms with van der Waals surface area (Å²) in [5.74, 6) is -45.8. The largest absolute Gasteiger partial charge is 0.460 e. The summed E-state index contributed by atoms with van der Waals surface area (Å²) in [7, 11) is 0. The molecule has 0 aromatic carbocycles. The van der Waals surface area contributed by atoms with Gasteiger partial charge in [-0.25, -0.2) is 0 Å². The van der Waals surface area contributed by atoms with Gasteiger partial charge in [0.2, 0.25) is 0 Å². The zero-order valence-electron chi connectivity index (χ0n) is 14.5. The molecule has 0 saturated heterocycles. The minimum atomic E-state index is -8.20. The molecule has 0 unspecified atom stereocenters. The average molecular weight is 594 g/mol. The topological polar surface area (TPSA) is 0 Å². The molecule has 0 N–H and O–H groups in total. The summed E-state index contributed by atoms with van der Waals surface area (Å²) in [5.41, 5.74) is 0. The van der Waals surface area contributed by atoms with Crippen molar-refractivity contribution in [2.24, 2.45) is 0 Å². The summed E-state index contributed by atoms with van der Waals surface area (Å²) in [6.07, 6.45) is -9.89. The van der Waals surface area contributed by atoms with E-state index in [2.05, 4.69) is 0 Å². The fraction of sp³-hybridized carbons (Fsp3) is 1.00. The fourth-order valence-corrected chi connectivity index (χ4v) is 2.67. The van der Waals surface area contributed by atoms with Gasteiger partial charge in [-0.05, 0) is 17.3 Å². The maximum Gasteiger partial charge on any atom is 0.460 e. The van der Waals surface area contributed by atoms with Crippen molar-refractivity contribution < 1.29 is 65.9 Å². The Kier molecular flexibility index (Phi) is 9.17. The highest BCUT2D eigenvalue weighted by Gasteiger charge is 2.93. The molecule has 0 aliphatic heterocycles. The summed E-state index contributed by atoms with van der Waals surface area (Å²) < 4.78 is 195. The van der Waals surface area contributed by atoms with Crippen molar-refractivity contribution in [1.29, 1.82) is 0 Å². The molecular weight excluding hydrogens is 580 g/mol. The van der Waals surface area contributed by atoms with Crippen LogP contribution in [0.2, 0.25) is 0 Å². The van der Waals surface area contributed by atoms with Crippen LogP contribution in [0.5, 0.6) is 0 Å². The first-order valence-electron chi connectivity index (χ1n) is 7.96. The van der Waals surface area contributed by atoms with E-state index >= 15 is 0 Å². The van der Waals surface area contributed by atoms with Crippen LogP contribution in [-0.2, 0) is 0 Å². The standard InChI is InChI=1S/C14H14F15I/c15-8(16,6-4-2-1-3-5-7-30)9(17,18)10(19,20)11(21,22)12(23,24)13(25,26)14(27,28)29/h1-7H2. The third-order valence-corrected chi connectivity index (χ3v) is 4.78. The van der Waals surface area contributed by atoms with Gasteiger partial charge in [0.1, 0.15) is 0 Å². The second-order valence-corrected chi connectivity index (χ2v) is 7.36. The third-order valence-electron chi connectivity index (χ3n) is 4.02. The number of unbranched alkanes of at least 4 members (excludes halogenated alkanes) is 4. The van der Waals surface area contributed by atoms with E-state index in [4.69, 9.17) is 0 Å². The zero-order valence-corrected chi connectivity index (χ0v) is 16.7. The highest BCUT2D eigenvalue weighted by atomic mass is 127. The molecule has 0 fully saturated rings. The molecular formula is C14H14F15I. The molecule has 0 aromatic rings. The third kappa shape index (κ3) is 5.02. The van der Waals surface area contributed by atoms with Crippen LogP contribution in [0.4, 0.5) is 65.9 Å². The second-order valence-electron chi connectivity index (χ2n) is 6.28. The van der Waals surface area contributed by atoms with Gasteiger partial charge in [-0.15, -0.1) is 0 Å². The molecule has 0 atom stereocenters. The van der Waals surface area contributed by atoms with Gasteiger partial charge in [0.15, 0.2) is 0 Å². The zero-order chi connectivity index (χ0) is 24.4. The molecule has 0 aliphatic rings. The van der Waals surface area contributed by atoms with Crippen LogP contribution in [0.3, 0.4) is 0 Å². The SMILES string of the molecule is FC(F)(F)C(F)(F)C(F)(F)C(F)(F)C(F)(F)C(F)(F)C(F)(F)CCCCCCCI. The molecule has 0 radical (unpaired) electrons. The first-order valence-corrected chi connectivity index (χ1v) is 9.48. The van der Waals surface area contributed by atoms with E-state index in [1.807, 2.05) is 22.6 Å². The molecule has 16 heteroatoms. The van der Waals surface area contributed by atoms with Crippen molar-refractivity contribution in [3.05, 3.63) is 0 Å². The van der Waals surface area contributed by atoms with E-state index in [9.17, 15) is 65.9 Å². The maximum atomic E-state index is 13.5. The van der Waals surface area contributed by atoms with Gasteiger partial charge in [0.25, 0.3) is 0 Å². The molecule has 0 amide bonds. The van der Waals surface area contributed by atoms with Crippen molar-refractivity contribution in [2.75, 3.05) is 4.43 Å². The van der Waals surface area contributed by atoms with Gasteiger partial charge in [0.05, 0.1) is 0 Å². The second kappa shape index (κ2) is 9.27. The average Bonchev–Trinajstić information content (AvgIpc) is 2.56. The van der Waals surface area contributed by atoms with Crippen LogP contribution in [0.25, 0.3) is 0 Å². The fourth-order valence-electron chi connectivity index (χ4n) is 2.13. The van der Waals surface area contributed by atoms with E-state index < -0.39 is 54.6 Å². The van der Waals surface area contributed by atoms with E-state index in [0.29, 0.717) is 17.3 Å². The molecule has 0 heterocycles. The normalized spacial score (nSPS) is 15.6. The van der Waals surface area contributed by atoms with Crippen LogP contribution in [-0.4, -0.2) is 46.1 Å². The summed E-state index contributed by atoms with van der Waals surface area (Å²) >= 11 is 1.95. The Morgan fingerprint density at radius 1 is 0.400 bits per heavy atom. The van der Waals surface area contributed by atoms with Crippen LogP contribution < -0.4 is 0 Å². The predicted molar refractivity (Wildman–Crippen MR) is 82.3 cm³/mol. The van der Waals surface area contributed by atoms with Gasteiger partial charge in [-0.2, -0.15) is 65.9 Å². The number of halogens is 16. The van der Waals surface area contributed by atoms with E-state index in [0.717, 1.165) is 0 Å². The molecule has 0 spiro atoms. The summed E-state index contributed by atoms with van der Waals surface area (Å²) in [5, 5.41) is 0. The van der Waals surface area contributed by atoms with E-state index in [-0.39, 0.29) is 12.8 Å². The van der Waals surface area contributed by atoms with Gasteiger partial charge < -0.3 is 0 Å².